The van der Waals surface area contributed by atoms with Crippen LogP contribution in [0.2, 0.25) is 0 Å². The molecule has 2 amide bonds. The molecule has 0 bridgehead atoms. The van der Waals surface area contributed by atoms with Crippen LogP contribution in [0, 0.1) is 5.92 Å². The number of aromatic nitrogens is 2. The van der Waals surface area contributed by atoms with E-state index in [1.54, 1.807) is 4.90 Å². The second kappa shape index (κ2) is 7.98. The van der Waals surface area contributed by atoms with Gasteiger partial charge in [-0.25, -0.2) is 0 Å². The first-order chi connectivity index (χ1) is 12.7. The van der Waals surface area contributed by atoms with Gasteiger partial charge in [0.1, 0.15) is 0 Å². The zero-order chi connectivity index (χ0) is 17.9. The SMILES string of the molecule is O=C1CCCN1Cc1nnc(SCC(=O)N2CCC[C@H]3CCCC[C@@H]32)o1. The molecule has 8 heteroatoms. The van der Waals surface area contributed by atoms with Gasteiger partial charge in [-0.15, -0.1) is 10.2 Å². The summed E-state index contributed by atoms with van der Waals surface area (Å²) in [7, 11) is 0. The van der Waals surface area contributed by atoms with Crippen molar-refractivity contribution in [2.45, 2.75) is 69.2 Å². The zero-order valence-corrected chi connectivity index (χ0v) is 15.9. The van der Waals surface area contributed by atoms with E-state index >= 15 is 0 Å². The number of fused-ring (bicyclic) bond motifs is 1. The van der Waals surface area contributed by atoms with Gasteiger partial charge in [-0.3, -0.25) is 9.59 Å². The highest BCUT2D eigenvalue weighted by atomic mass is 32.2. The minimum Gasteiger partial charge on any atom is -0.414 e. The lowest BCUT2D eigenvalue weighted by Crippen LogP contribution is -2.50. The van der Waals surface area contributed by atoms with Crippen molar-refractivity contribution in [1.82, 2.24) is 20.0 Å². The molecule has 1 aromatic rings. The summed E-state index contributed by atoms with van der Waals surface area (Å²) in [5, 5.41) is 8.45. The maximum absolute atomic E-state index is 12.7. The van der Waals surface area contributed by atoms with Crippen LogP contribution in [0.1, 0.15) is 57.3 Å². The number of thioether (sulfide) groups is 1. The second-order valence-electron chi connectivity index (χ2n) is 7.51. The van der Waals surface area contributed by atoms with E-state index in [1.807, 2.05) is 0 Å². The topological polar surface area (TPSA) is 79.5 Å². The molecule has 7 nitrogen and oxygen atoms in total. The number of hydrogen-bond donors (Lipinski definition) is 0. The first-order valence-electron chi connectivity index (χ1n) is 9.73. The number of hydrogen-bond acceptors (Lipinski definition) is 6. The Morgan fingerprint density at radius 1 is 1.12 bits per heavy atom. The maximum atomic E-state index is 12.7. The Morgan fingerprint density at radius 2 is 1.96 bits per heavy atom. The van der Waals surface area contributed by atoms with Gasteiger partial charge in [0.2, 0.25) is 17.7 Å². The van der Waals surface area contributed by atoms with Gasteiger partial charge in [0.15, 0.2) is 0 Å². The van der Waals surface area contributed by atoms with Gasteiger partial charge in [0.05, 0.1) is 12.3 Å². The molecule has 0 unspecified atom stereocenters. The third-order valence-electron chi connectivity index (χ3n) is 5.83. The van der Waals surface area contributed by atoms with Crippen molar-refractivity contribution in [2.24, 2.45) is 5.92 Å². The standard InChI is InChI=1S/C18H26N4O3S/c23-16-8-4-9-21(16)11-15-19-20-18(25-15)26-12-17(24)22-10-3-6-13-5-1-2-7-14(13)22/h13-14H,1-12H2/t13-,14+/m1/s1. The Morgan fingerprint density at radius 3 is 2.81 bits per heavy atom. The zero-order valence-electron chi connectivity index (χ0n) is 15.1. The first kappa shape index (κ1) is 17.8. The number of amides is 2. The number of piperidine rings is 1. The Balaban J connectivity index is 1.29. The molecule has 0 aromatic carbocycles. The van der Waals surface area contributed by atoms with Crippen LogP contribution in [0.3, 0.4) is 0 Å². The predicted octanol–water partition coefficient (Wildman–Crippen LogP) is 2.47. The fourth-order valence-corrected chi connectivity index (χ4v) is 5.20. The van der Waals surface area contributed by atoms with Crippen molar-refractivity contribution >= 4 is 23.6 Å². The minimum atomic E-state index is 0.139. The first-order valence-corrected chi connectivity index (χ1v) is 10.7. The van der Waals surface area contributed by atoms with Gasteiger partial charge in [-0.2, -0.15) is 0 Å². The number of likely N-dealkylation sites (tertiary alicyclic amines) is 2. The largest absolute Gasteiger partial charge is 0.414 e. The normalized spacial score (nSPS) is 26.2. The number of rotatable bonds is 5. The van der Waals surface area contributed by atoms with Crippen LogP contribution in [-0.2, 0) is 16.1 Å². The maximum Gasteiger partial charge on any atom is 0.277 e. The average Bonchev–Trinajstić information content (AvgIpc) is 3.29. The molecule has 2 atom stereocenters. The molecule has 4 rings (SSSR count). The number of carbonyl (C=O) groups is 2. The van der Waals surface area contributed by atoms with Crippen LogP contribution < -0.4 is 0 Å². The summed E-state index contributed by atoms with van der Waals surface area (Å²) in [6.07, 6.45) is 8.83. The number of nitrogens with zero attached hydrogens (tertiary/aromatic N) is 4. The molecule has 1 saturated carbocycles. The molecule has 0 N–H and O–H groups in total. The lowest BCUT2D eigenvalue weighted by atomic mass is 9.78. The minimum absolute atomic E-state index is 0.139. The Kier molecular flexibility index (Phi) is 5.47. The summed E-state index contributed by atoms with van der Waals surface area (Å²) in [4.78, 5) is 28.2. The van der Waals surface area contributed by atoms with E-state index in [0.717, 1.165) is 32.4 Å². The van der Waals surface area contributed by atoms with Crippen molar-refractivity contribution in [3.8, 4) is 0 Å². The monoisotopic (exact) mass is 378 g/mol. The Labute approximate surface area is 157 Å². The van der Waals surface area contributed by atoms with Gasteiger partial charge in [-0.1, -0.05) is 24.6 Å². The molecule has 1 aromatic heterocycles. The summed E-state index contributed by atoms with van der Waals surface area (Å²) in [6.45, 7) is 2.00. The molecule has 3 aliphatic rings. The summed E-state index contributed by atoms with van der Waals surface area (Å²) in [5.41, 5.74) is 0. The average molecular weight is 378 g/mol. The summed E-state index contributed by atoms with van der Waals surface area (Å²) >= 11 is 1.31. The van der Waals surface area contributed by atoms with Crippen molar-refractivity contribution < 1.29 is 14.0 Å². The van der Waals surface area contributed by atoms with Crippen molar-refractivity contribution in [3.05, 3.63) is 5.89 Å². The van der Waals surface area contributed by atoms with Crippen LogP contribution in [0.25, 0.3) is 0 Å². The molecule has 142 valence electrons. The van der Waals surface area contributed by atoms with Gasteiger partial charge in [-0.05, 0) is 38.0 Å². The van der Waals surface area contributed by atoms with Crippen LogP contribution >= 0.6 is 11.8 Å². The second-order valence-corrected chi connectivity index (χ2v) is 8.44. The molecule has 26 heavy (non-hydrogen) atoms. The quantitative estimate of drug-likeness (QED) is 0.732. The third kappa shape index (κ3) is 3.89. The summed E-state index contributed by atoms with van der Waals surface area (Å²) < 4.78 is 5.61. The van der Waals surface area contributed by atoms with E-state index in [0.29, 0.717) is 41.8 Å². The Bertz CT molecular complexity index is 663. The van der Waals surface area contributed by atoms with E-state index in [4.69, 9.17) is 4.42 Å². The molecule has 2 aliphatic heterocycles. The molecule has 3 fully saturated rings. The predicted molar refractivity (Wildman–Crippen MR) is 96.4 cm³/mol. The molecule has 1 aliphatic carbocycles. The van der Waals surface area contributed by atoms with Crippen molar-refractivity contribution in [2.75, 3.05) is 18.8 Å². The lowest BCUT2D eigenvalue weighted by molar-refractivity contribution is -0.134. The third-order valence-corrected chi connectivity index (χ3v) is 6.63. The highest BCUT2D eigenvalue weighted by Crippen LogP contribution is 2.35. The van der Waals surface area contributed by atoms with Crippen LogP contribution in [0.15, 0.2) is 9.64 Å². The van der Waals surface area contributed by atoms with E-state index in [9.17, 15) is 9.59 Å². The fraction of sp³-hybridized carbons (Fsp3) is 0.778. The van der Waals surface area contributed by atoms with Crippen LogP contribution in [0.4, 0.5) is 0 Å². The fourth-order valence-electron chi connectivity index (χ4n) is 4.54. The Hall–Kier alpha value is -1.57. The van der Waals surface area contributed by atoms with Gasteiger partial charge in [0, 0.05) is 25.6 Å². The van der Waals surface area contributed by atoms with Crippen molar-refractivity contribution in [1.29, 1.82) is 0 Å². The summed E-state index contributed by atoms with van der Waals surface area (Å²) in [6, 6.07) is 0.435. The highest BCUT2D eigenvalue weighted by Gasteiger charge is 2.35. The van der Waals surface area contributed by atoms with E-state index in [1.165, 1.54) is 37.4 Å². The van der Waals surface area contributed by atoms with Crippen LogP contribution in [-0.4, -0.2) is 56.7 Å². The highest BCUT2D eigenvalue weighted by molar-refractivity contribution is 7.99. The molecule has 0 spiro atoms. The van der Waals surface area contributed by atoms with Gasteiger partial charge in [0.25, 0.3) is 5.22 Å². The van der Waals surface area contributed by atoms with E-state index in [-0.39, 0.29) is 11.8 Å². The van der Waals surface area contributed by atoms with Crippen molar-refractivity contribution in [3.63, 3.8) is 0 Å². The van der Waals surface area contributed by atoms with Gasteiger partial charge < -0.3 is 14.2 Å². The molecule has 3 heterocycles. The summed E-state index contributed by atoms with van der Waals surface area (Å²) in [5.74, 6) is 1.80. The van der Waals surface area contributed by atoms with Gasteiger partial charge >= 0.3 is 0 Å². The smallest absolute Gasteiger partial charge is 0.277 e. The van der Waals surface area contributed by atoms with E-state index in [2.05, 4.69) is 15.1 Å². The van der Waals surface area contributed by atoms with Crippen LogP contribution in [0.5, 0.6) is 0 Å². The van der Waals surface area contributed by atoms with E-state index < -0.39 is 0 Å². The lowest BCUT2D eigenvalue weighted by Gasteiger charge is -2.44. The number of carbonyl (C=O) groups excluding carboxylic acids is 2. The molecular weight excluding hydrogens is 352 g/mol. The molecule has 2 saturated heterocycles. The molecular formula is C18H26N4O3S. The molecule has 0 radical (unpaired) electrons.